The first-order valence-corrected chi connectivity index (χ1v) is 5.39. The third-order valence-electron chi connectivity index (χ3n) is 2.05. The molecule has 1 heterocycles. The Morgan fingerprint density at radius 3 is 2.73 bits per heavy atom. The maximum absolute atomic E-state index is 6.00. The standard InChI is InChI=1S/C8H10BrNS/c9-7-4-3-6(11-7)8(10)5-1-2-5/h3-5,8H,1-2,10H2/t8-/m0/s1. The Bertz CT molecular complexity index is 254. The molecule has 60 valence electrons. The fourth-order valence-electron chi connectivity index (χ4n) is 1.20. The summed E-state index contributed by atoms with van der Waals surface area (Å²) in [5.74, 6) is 0.764. The summed E-state index contributed by atoms with van der Waals surface area (Å²) in [4.78, 5) is 1.32. The zero-order valence-corrected chi connectivity index (χ0v) is 8.49. The lowest BCUT2D eigenvalue weighted by Crippen LogP contribution is -2.10. The lowest BCUT2D eigenvalue weighted by atomic mass is 10.2. The van der Waals surface area contributed by atoms with Crippen molar-refractivity contribution in [1.29, 1.82) is 0 Å². The zero-order valence-electron chi connectivity index (χ0n) is 6.09. The van der Waals surface area contributed by atoms with Gasteiger partial charge in [-0.1, -0.05) is 0 Å². The molecule has 1 aliphatic rings. The highest BCUT2D eigenvalue weighted by Crippen LogP contribution is 2.41. The van der Waals surface area contributed by atoms with E-state index in [0.717, 1.165) is 5.92 Å². The molecule has 1 atom stereocenters. The van der Waals surface area contributed by atoms with Crippen molar-refractivity contribution in [3.8, 4) is 0 Å². The van der Waals surface area contributed by atoms with E-state index >= 15 is 0 Å². The van der Waals surface area contributed by atoms with E-state index in [1.54, 1.807) is 11.3 Å². The predicted octanol–water partition coefficient (Wildman–Crippen LogP) is 2.92. The number of hydrogen-bond donors (Lipinski definition) is 1. The molecule has 0 amide bonds. The molecular formula is C8H10BrNS. The quantitative estimate of drug-likeness (QED) is 0.833. The Balaban J connectivity index is 2.14. The molecule has 0 aromatic carbocycles. The van der Waals surface area contributed by atoms with Crippen LogP contribution in [0.15, 0.2) is 15.9 Å². The summed E-state index contributed by atoms with van der Waals surface area (Å²) in [6.07, 6.45) is 2.63. The smallest absolute Gasteiger partial charge is 0.0701 e. The van der Waals surface area contributed by atoms with E-state index in [9.17, 15) is 0 Å². The second kappa shape index (κ2) is 2.88. The van der Waals surface area contributed by atoms with Gasteiger partial charge in [0.25, 0.3) is 0 Å². The fraction of sp³-hybridized carbons (Fsp3) is 0.500. The van der Waals surface area contributed by atoms with Crippen molar-refractivity contribution in [2.24, 2.45) is 11.7 Å². The first-order chi connectivity index (χ1) is 5.27. The minimum Gasteiger partial charge on any atom is -0.323 e. The van der Waals surface area contributed by atoms with Gasteiger partial charge in [0.1, 0.15) is 0 Å². The van der Waals surface area contributed by atoms with Crippen molar-refractivity contribution in [2.75, 3.05) is 0 Å². The van der Waals surface area contributed by atoms with Crippen LogP contribution < -0.4 is 5.73 Å². The predicted molar refractivity (Wildman–Crippen MR) is 51.7 cm³/mol. The van der Waals surface area contributed by atoms with Gasteiger partial charge in [-0.15, -0.1) is 11.3 Å². The molecule has 0 radical (unpaired) electrons. The molecule has 2 rings (SSSR count). The highest BCUT2D eigenvalue weighted by Gasteiger charge is 2.30. The molecule has 11 heavy (non-hydrogen) atoms. The Kier molecular flexibility index (Phi) is 2.04. The summed E-state index contributed by atoms with van der Waals surface area (Å²) in [6.45, 7) is 0. The Morgan fingerprint density at radius 2 is 2.27 bits per heavy atom. The minimum atomic E-state index is 0.297. The molecule has 0 unspecified atom stereocenters. The summed E-state index contributed by atoms with van der Waals surface area (Å²) in [5, 5.41) is 0. The van der Waals surface area contributed by atoms with Crippen molar-refractivity contribution in [3.05, 3.63) is 20.8 Å². The van der Waals surface area contributed by atoms with Crippen LogP contribution in [-0.4, -0.2) is 0 Å². The normalized spacial score (nSPS) is 20.2. The monoisotopic (exact) mass is 231 g/mol. The van der Waals surface area contributed by atoms with Crippen LogP contribution in [-0.2, 0) is 0 Å². The number of halogens is 1. The summed E-state index contributed by atoms with van der Waals surface area (Å²) >= 11 is 5.19. The summed E-state index contributed by atoms with van der Waals surface area (Å²) in [5.41, 5.74) is 6.00. The summed E-state index contributed by atoms with van der Waals surface area (Å²) in [6, 6.07) is 4.49. The topological polar surface area (TPSA) is 26.0 Å². The van der Waals surface area contributed by atoms with E-state index in [1.807, 2.05) is 0 Å². The first-order valence-electron chi connectivity index (χ1n) is 3.78. The number of hydrogen-bond acceptors (Lipinski definition) is 2. The van der Waals surface area contributed by atoms with Crippen LogP contribution in [0.1, 0.15) is 23.8 Å². The lowest BCUT2D eigenvalue weighted by molar-refractivity contribution is 0.645. The van der Waals surface area contributed by atoms with Crippen LogP contribution in [0.4, 0.5) is 0 Å². The highest BCUT2D eigenvalue weighted by atomic mass is 79.9. The average Bonchev–Trinajstić information content (AvgIpc) is 2.74. The van der Waals surface area contributed by atoms with Crippen molar-refractivity contribution in [2.45, 2.75) is 18.9 Å². The molecule has 0 aliphatic heterocycles. The van der Waals surface area contributed by atoms with Gasteiger partial charge in [0, 0.05) is 10.9 Å². The van der Waals surface area contributed by atoms with E-state index in [0.29, 0.717) is 6.04 Å². The maximum atomic E-state index is 6.00. The van der Waals surface area contributed by atoms with Crippen molar-refractivity contribution < 1.29 is 0 Å². The van der Waals surface area contributed by atoms with Crippen LogP contribution in [0.25, 0.3) is 0 Å². The first kappa shape index (κ1) is 7.77. The van der Waals surface area contributed by atoms with Gasteiger partial charge < -0.3 is 5.73 Å². The molecule has 1 aromatic heterocycles. The van der Waals surface area contributed by atoms with Crippen LogP contribution in [0, 0.1) is 5.92 Å². The van der Waals surface area contributed by atoms with Gasteiger partial charge in [-0.2, -0.15) is 0 Å². The van der Waals surface area contributed by atoms with Crippen LogP contribution in [0.3, 0.4) is 0 Å². The summed E-state index contributed by atoms with van der Waals surface area (Å²) in [7, 11) is 0. The largest absolute Gasteiger partial charge is 0.323 e. The van der Waals surface area contributed by atoms with Gasteiger partial charge in [-0.05, 0) is 46.8 Å². The van der Waals surface area contributed by atoms with Crippen molar-refractivity contribution >= 4 is 27.3 Å². The molecule has 0 spiro atoms. The van der Waals surface area contributed by atoms with Crippen LogP contribution in [0.5, 0.6) is 0 Å². The number of nitrogens with two attached hydrogens (primary N) is 1. The third-order valence-corrected chi connectivity index (χ3v) is 3.78. The zero-order chi connectivity index (χ0) is 7.84. The van der Waals surface area contributed by atoms with E-state index in [2.05, 4.69) is 28.1 Å². The molecule has 0 bridgehead atoms. The molecule has 1 saturated carbocycles. The SMILES string of the molecule is N[C@H](c1ccc(Br)s1)C1CC1. The number of rotatable bonds is 2. The maximum Gasteiger partial charge on any atom is 0.0701 e. The van der Waals surface area contributed by atoms with Crippen molar-refractivity contribution in [1.82, 2.24) is 0 Å². The van der Waals surface area contributed by atoms with Gasteiger partial charge in [0.15, 0.2) is 0 Å². The lowest BCUT2D eigenvalue weighted by Gasteiger charge is -2.05. The molecule has 1 aromatic rings. The van der Waals surface area contributed by atoms with E-state index in [4.69, 9.17) is 5.73 Å². The van der Waals surface area contributed by atoms with Crippen molar-refractivity contribution in [3.63, 3.8) is 0 Å². The second-order valence-electron chi connectivity index (χ2n) is 3.01. The highest BCUT2D eigenvalue weighted by molar-refractivity contribution is 9.11. The van der Waals surface area contributed by atoms with E-state index < -0.39 is 0 Å². The van der Waals surface area contributed by atoms with E-state index in [-0.39, 0.29) is 0 Å². The van der Waals surface area contributed by atoms with Gasteiger partial charge in [0.2, 0.25) is 0 Å². The minimum absolute atomic E-state index is 0.297. The average molecular weight is 232 g/mol. The molecule has 1 nitrogen and oxygen atoms in total. The Hall–Kier alpha value is 0.140. The third kappa shape index (κ3) is 1.66. The summed E-state index contributed by atoms with van der Waals surface area (Å²) < 4.78 is 1.18. The van der Waals surface area contributed by atoms with Gasteiger partial charge in [0.05, 0.1) is 3.79 Å². The number of thiophene rings is 1. The molecular weight excluding hydrogens is 222 g/mol. The van der Waals surface area contributed by atoms with Crippen LogP contribution in [0.2, 0.25) is 0 Å². The second-order valence-corrected chi connectivity index (χ2v) is 5.50. The van der Waals surface area contributed by atoms with Gasteiger partial charge >= 0.3 is 0 Å². The van der Waals surface area contributed by atoms with Crippen LogP contribution >= 0.6 is 27.3 Å². The Labute approximate surface area is 78.7 Å². The Morgan fingerprint density at radius 1 is 1.55 bits per heavy atom. The van der Waals surface area contributed by atoms with E-state index in [1.165, 1.54) is 21.5 Å². The molecule has 0 saturated heterocycles. The molecule has 1 aliphatic carbocycles. The molecule has 3 heteroatoms. The van der Waals surface area contributed by atoms with Gasteiger partial charge in [-0.25, -0.2) is 0 Å². The molecule has 2 N–H and O–H groups in total. The van der Waals surface area contributed by atoms with Gasteiger partial charge in [-0.3, -0.25) is 0 Å². The molecule has 1 fully saturated rings. The fourth-order valence-corrected chi connectivity index (χ4v) is 2.71.